The lowest BCUT2D eigenvalue weighted by molar-refractivity contribution is -0.0575. The van der Waals surface area contributed by atoms with Crippen LogP contribution in [0.4, 0.5) is 0 Å². The normalized spacial score (nSPS) is 24.1. The van der Waals surface area contributed by atoms with Crippen LogP contribution in [0.1, 0.15) is 31.2 Å². The lowest BCUT2D eigenvalue weighted by atomic mass is 9.95. The Balaban J connectivity index is 1.79. The highest BCUT2D eigenvalue weighted by molar-refractivity contribution is 5.40. The Labute approximate surface area is 107 Å². The largest absolute Gasteiger partial charge is 0.504 e. The molecular weight excluding hydrogens is 232 g/mol. The summed E-state index contributed by atoms with van der Waals surface area (Å²) in [7, 11) is 0. The van der Waals surface area contributed by atoms with E-state index in [4.69, 9.17) is 4.74 Å². The first kappa shape index (κ1) is 13.2. The first-order chi connectivity index (χ1) is 8.66. The van der Waals surface area contributed by atoms with Gasteiger partial charge in [0.05, 0.1) is 18.8 Å². The van der Waals surface area contributed by atoms with E-state index in [1.165, 1.54) is 12.1 Å². The fourth-order valence-corrected chi connectivity index (χ4v) is 2.32. The van der Waals surface area contributed by atoms with Gasteiger partial charge in [-0.05, 0) is 37.0 Å². The number of phenolic OH excluding ortho intramolecular Hbond substituents is 2. The summed E-state index contributed by atoms with van der Waals surface area (Å²) in [5.41, 5.74) is 0.913. The van der Waals surface area contributed by atoms with Crippen molar-refractivity contribution in [2.24, 2.45) is 0 Å². The van der Waals surface area contributed by atoms with Crippen LogP contribution in [0.3, 0.4) is 0 Å². The first-order valence-corrected chi connectivity index (χ1v) is 6.47. The average molecular weight is 252 g/mol. The maximum Gasteiger partial charge on any atom is 0.157 e. The third kappa shape index (κ3) is 3.37. The van der Waals surface area contributed by atoms with Crippen molar-refractivity contribution < 1.29 is 20.1 Å². The molecule has 1 aliphatic rings. The fraction of sp³-hybridized carbons (Fsp3) is 0.571. The van der Waals surface area contributed by atoms with Crippen LogP contribution < -0.4 is 0 Å². The Morgan fingerprint density at radius 2 is 1.89 bits per heavy atom. The highest BCUT2D eigenvalue weighted by Crippen LogP contribution is 2.25. The number of aliphatic hydroxyl groups excluding tert-OH is 1. The SMILES string of the molecule is Oc1ccc(CCOC2CCCCC2O)cc1O. The number of aliphatic hydroxyl groups is 1. The molecule has 3 N–H and O–H groups in total. The zero-order valence-corrected chi connectivity index (χ0v) is 10.4. The topological polar surface area (TPSA) is 69.9 Å². The zero-order chi connectivity index (χ0) is 13.0. The van der Waals surface area contributed by atoms with Gasteiger partial charge in [-0.3, -0.25) is 0 Å². The molecule has 4 nitrogen and oxygen atoms in total. The molecule has 2 unspecified atom stereocenters. The number of hydrogen-bond donors (Lipinski definition) is 3. The van der Waals surface area contributed by atoms with E-state index in [-0.39, 0.29) is 23.7 Å². The molecule has 1 fully saturated rings. The van der Waals surface area contributed by atoms with Crippen molar-refractivity contribution in [2.75, 3.05) is 6.61 Å². The molecule has 0 aromatic heterocycles. The predicted molar refractivity (Wildman–Crippen MR) is 67.7 cm³/mol. The number of benzene rings is 1. The van der Waals surface area contributed by atoms with Crippen LogP contribution in [0, 0.1) is 0 Å². The number of ether oxygens (including phenoxy) is 1. The molecule has 0 heterocycles. The standard InChI is InChI=1S/C14H20O4/c15-11-6-5-10(9-13(11)17)7-8-18-14-4-2-1-3-12(14)16/h5-6,9,12,14-17H,1-4,7-8H2. The van der Waals surface area contributed by atoms with Crippen LogP contribution in [0.2, 0.25) is 0 Å². The van der Waals surface area contributed by atoms with Crippen molar-refractivity contribution in [3.05, 3.63) is 23.8 Å². The molecule has 0 radical (unpaired) electrons. The van der Waals surface area contributed by atoms with Crippen LogP contribution in [0.15, 0.2) is 18.2 Å². The summed E-state index contributed by atoms with van der Waals surface area (Å²) in [5, 5.41) is 28.3. The molecule has 2 rings (SSSR count). The van der Waals surface area contributed by atoms with Gasteiger partial charge in [-0.15, -0.1) is 0 Å². The third-order valence-corrected chi connectivity index (χ3v) is 3.43. The van der Waals surface area contributed by atoms with Gasteiger partial charge in [0.2, 0.25) is 0 Å². The van der Waals surface area contributed by atoms with Crippen LogP contribution >= 0.6 is 0 Å². The summed E-state index contributed by atoms with van der Waals surface area (Å²) in [5.74, 6) is -0.215. The maximum atomic E-state index is 9.75. The molecule has 18 heavy (non-hydrogen) atoms. The summed E-state index contributed by atoms with van der Waals surface area (Å²) >= 11 is 0. The first-order valence-electron chi connectivity index (χ1n) is 6.47. The minimum Gasteiger partial charge on any atom is -0.504 e. The minimum absolute atomic E-state index is 0.0514. The van der Waals surface area contributed by atoms with Crippen LogP contribution in [-0.4, -0.2) is 34.1 Å². The Bertz CT molecular complexity index is 391. The molecule has 1 aromatic carbocycles. The molecule has 4 heteroatoms. The van der Waals surface area contributed by atoms with Crippen molar-refractivity contribution in [3.63, 3.8) is 0 Å². The second kappa shape index (κ2) is 6.07. The molecule has 0 aliphatic heterocycles. The molecular formula is C14H20O4. The zero-order valence-electron chi connectivity index (χ0n) is 10.4. The van der Waals surface area contributed by atoms with Crippen LogP contribution in [-0.2, 0) is 11.2 Å². The number of phenols is 2. The van der Waals surface area contributed by atoms with E-state index in [9.17, 15) is 15.3 Å². The molecule has 0 saturated heterocycles. The number of aromatic hydroxyl groups is 2. The quantitative estimate of drug-likeness (QED) is 0.716. The fourth-order valence-electron chi connectivity index (χ4n) is 2.32. The lowest BCUT2D eigenvalue weighted by Gasteiger charge is -2.27. The second-order valence-electron chi connectivity index (χ2n) is 4.83. The molecule has 1 aliphatic carbocycles. The van der Waals surface area contributed by atoms with Crippen LogP contribution in [0.5, 0.6) is 11.5 Å². The van der Waals surface area contributed by atoms with Gasteiger partial charge in [-0.2, -0.15) is 0 Å². The highest BCUT2D eigenvalue weighted by atomic mass is 16.5. The van der Waals surface area contributed by atoms with Crippen molar-refractivity contribution in [1.82, 2.24) is 0 Å². The second-order valence-corrected chi connectivity index (χ2v) is 4.83. The average Bonchev–Trinajstić information content (AvgIpc) is 2.36. The van der Waals surface area contributed by atoms with Gasteiger partial charge in [-0.25, -0.2) is 0 Å². The summed E-state index contributed by atoms with van der Waals surface area (Å²) in [6.07, 6.45) is 4.20. The summed E-state index contributed by atoms with van der Waals surface area (Å²) in [6, 6.07) is 4.77. The molecule has 2 atom stereocenters. The predicted octanol–water partition coefficient (Wildman–Crippen LogP) is 1.96. The summed E-state index contributed by atoms with van der Waals surface area (Å²) in [6.45, 7) is 0.520. The van der Waals surface area contributed by atoms with Gasteiger partial charge in [0.1, 0.15) is 0 Å². The monoisotopic (exact) mass is 252 g/mol. The van der Waals surface area contributed by atoms with Gasteiger partial charge >= 0.3 is 0 Å². The Hall–Kier alpha value is -1.26. The van der Waals surface area contributed by atoms with Gasteiger partial charge < -0.3 is 20.1 Å². The van der Waals surface area contributed by atoms with Gasteiger partial charge in [0, 0.05) is 0 Å². The Morgan fingerprint density at radius 1 is 1.11 bits per heavy atom. The molecule has 1 aromatic rings. The molecule has 0 bridgehead atoms. The van der Waals surface area contributed by atoms with E-state index in [1.54, 1.807) is 6.07 Å². The van der Waals surface area contributed by atoms with Gasteiger partial charge in [0.25, 0.3) is 0 Å². The molecule has 0 spiro atoms. The van der Waals surface area contributed by atoms with E-state index in [1.807, 2.05) is 0 Å². The summed E-state index contributed by atoms with van der Waals surface area (Å²) in [4.78, 5) is 0. The van der Waals surface area contributed by atoms with E-state index < -0.39 is 0 Å². The number of rotatable bonds is 4. The Morgan fingerprint density at radius 3 is 2.61 bits per heavy atom. The molecule has 1 saturated carbocycles. The van der Waals surface area contributed by atoms with Crippen LogP contribution in [0.25, 0.3) is 0 Å². The van der Waals surface area contributed by atoms with Crippen molar-refractivity contribution in [3.8, 4) is 11.5 Å². The Kier molecular flexibility index (Phi) is 4.44. The van der Waals surface area contributed by atoms with Crippen molar-refractivity contribution in [2.45, 2.75) is 44.3 Å². The van der Waals surface area contributed by atoms with E-state index in [0.717, 1.165) is 31.2 Å². The van der Waals surface area contributed by atoms with Crippen molar-refractivity contribution >= 4 is 0 Å². The maximum absolute atomic E-state index is 9.75. The minimum atomic E-state index is -0.341. The molecule has 100 valence electrons. The van der Waals surface area contributed by atoms with E-state index >= 15 is 0 Å². The lowest BCUT2D eigenvalue weighted by Crippen LogP contribution is -2.32. The van der Waals surface area contributed by atoms with E-state index in [0.29, 0.717) is 13.0 Å². The summed E-state index contributed by atoms with van der Waals surface area (Å²) < 4.78 is 5.68. The van der Waals surface area contributed by atoms with Gasteiger partial charge in [-0.1, -0.05) is 18.9 Å². The molecule has 0 amide bonds. The van der Waals surface area contributed by atoms with Gasteiger partial charge in [0.15, 0.2) is 11.5 Å². The van der Waals surface area contributed by atoms with Crippen molar-refractivity contribution in [1.29, 1.82) is 0 Å². The number of hydrogen-bond acceptors (Lipinski definition) is 4. The third-order valence-electron chi connectivity index (χ3n) is 3.43. The highest BCUT2D eigenvalue weighted by Gasteiger charge is 2.23. The van der Waals surface area contributed by atoms with E-state index in [2.05, 4.69) is 0 Å². The smallest absolute Gasteiger partial charge is 0.157 e.